The Morgan fingerprint density at radius 2 is 2.33 bits per heavy atom. The number of aromatic nitrogens is 1. The highest BCUT2D eigenvalue weighted by molar-refractivity contribution is 9.10. The molecule has 1 fully saturated rings. The van der Waals surface area contributed by atoms with Gasteiger partial charge < -0.3 is 11.1 Å². The number of nitrogens with one attached hydrogen (secondary N) is 1. The fourth-order valence-corrected chi connectivity index (χ4v) is 2.37. The molecule has 1 heterocycles. The first-order valence-corrected chi connectivity index (χ1v) is 6.06. The van der Waals surface area contributed by atoms with Crippen molar-refractivity contribution in [1.82, 2.24) is 4.98 Å². The molecule has 1 saturated carbocycles. The summed E-state index contributed by atoms with van der Waals surface area (Å²) in [5, 5.41) is 3.38. The normalized spacial score (nSPS) is 24.7. The third kappa shape index (κ3) is 2.69. The molecule has 1 aliphatic carbocycles. The molecule has 0 aromatic carbocycles. The summed E-state index contributed by atoms with van der Waals surface area (Å²) in [4.78, 5) is 4.34. The van der Waals surface area contributed by atoms with Gasteiger partial charge in [0.25, 0.3) is 0 Å². The number of nitrogens with two attached hydrogens (primary N) is 1. The van der Waals surface area contributed by atoms with E-state index >= 15 is 0 Å². The molecule has 1 aromatic rings. The molecule has 3 N–H and O–H groups in total. The van der Waals surface area contributed by atoms with E-state index in [9.17, 15) is 0 Å². The van der Waals surface area contributed by atoms with Crippen LogP contribution in [0.1, 0.15) is 18.4 Å². The maximum atomic E-state index is 5.74. The summed E-state index contributed by atoms with van der Waals surface area (Å²) in [5.41, 5.74) is 6.91. The summed E-state index contributed by atoms with van der Waals surface area (Å²) in [6, 6.07) is 2.50. The summed E-state index contributed by atoms with van der Waals surface area (Å²) >= 11 is 3.40. The zero-order chi connectivity index (χ0) is 10.8. The lowest BCUT2D eigenvalue weighted by Gasteiger charge is -2.32. The molecule has 4 heteroatoms. The van der Waals surface area contributed by atoms with E-state index in [1.54, 1.807) is 0 Å². The van der Waals surface area contributed by atoms with E-state index in [1.165, 1.54) is 5.56 Å². The van der Waals surface area contributed by atoms with Gasteiger partial charge in [-0.05, 0) is 53.2 Å². The first-order chi connectivity index (χ1) is 7.15. The standard InChI is InChI=1S/C11H16BrN3/c1-7-2-9(12)6-15-11(7)14-5-8-3-10(13)4-8/h2,6,8,10H,3-5,13H2,1H3,(H,14,15). The van der Waals surface area contributed by atoms with Crippen LogP contribution < -0.4 is 11.1 Å². The van der Waals surface area contributed by atoms with Crippen molar-refractivity contribution in [2.24, 2.45) is 11.7 Å². The molecule has 0 radical (unpaired) electrons. The quantitative estimate of drug-likeness (QED) is 0.886. The molecule has 0 atom stereocenters. The second kappa shape index (κ2) is 4.49. The van der Waals surface area contributed by atoms with Crippen LogP contribution in [0.3, 0.4) is 0 Å². The minimum Gasteiger partial charge on any atom is -0.370 e. The largest absolute Gasteiger partial charge is 0.370 e. The molecule has 0 bridgehead atoms. The average Bonchev–Trinajstić information content (AvgIpc) is 2.13. The zero-order valence-electron chi connectivity index (χ0n) is 8.83. The van der Waals surface area contributed by atoms with Gasteiger partial charge >= 0.3 is 0 Å². The molecule has 0 spiro atoms. The second-order valence-corrected chi connectivity index (χ2v) is 5.21. The molecule has 1 aromatic heterocycles. The molecule has 0 amide bonds. The monoisotopic (exact) mass is 269 g/mol. The molecule has 0 unspecified atom stereocenters. The van der Waals surface area contributed by atoms with Gasteiger partial charge in [0.15, 0.2) is 0 Å². The Hall–Kier alpha value is -0.610. The Kier molecular flexibility index (Phi) is 3.26. The number of anilines is 1. The van der Waals surface area contributed by atoms with Crippen molar-refractivity contribution in [2.75, 3.05) is 11.9 Å². The van der Waals surface area contributed by atoms with Crippen LogP contribution in [0, 0.1) is 12.8 Å². The maximum Gasteiger partial charge on any atom is 0.128 e. The van der Waals surface area contributed by atoms with E-state index in [0.29, 0.717) is 6.04 Å². The van der Waals surface area contributed by atoms with E-state index in [-0.39, 0.29) is 0 Å². The summed E-state index contributed by atoms with van der Waals surface area (Å²) in [7, 11) is 0. The van der Waals surface area contributed by atoms with E-state index in [2.05, 4.69) is 39.2 Å². The van der Waals surface area contributed by atoms with Gasteiger partial charge in [0, 0.05) is 23.3 Å². The highest BCUT2D eigenvalue weighted by Gasteiger charge is 2.25. The van der Waals surface area contributed by atoms with Crippen LogP contribution >= 0.6 is 15.9 Å². The summed E-state index contributed by atoms with van der Waals surface area (Å²) < 4.78 is 1.02. The number of halogens is 1. The predicted octanol–water partition coefficient (Wildman–Crippen LogP) is 2.30. The highest BCUT2D eigenvalue weighted by atomic mass is 79.9. The van der Waals surface area contributed by atoms with Crippen LogP contribution in [0.5, 0.6) is 0 Å². The topological polar surface area (TPSA) is 50.9 Å². The van der Waals surface area contributed by atoms with Crippen molar-refractivity contribution in [3.05, 3.63) is 22.3 Å². The minimum absolute atomic E-state index is 0.427. The van der Waals surface area contributed by atoms with Crippen molar-refractivity contribution in [3.63, 3.8) is 0 Å². The second-order valence-electron chi connectivity index (χ2n) is 4.30. The van der Waals surface area contributed by atoms with Gasteiger partial charge in [0.05, 0.1) is 0 Å². The summed E-state index contributed by atoms with van der Waals surface area (Å²) in [5.74, 6) is 1.71. The third-order valence-electron chi connectivity index (χ3n) is 2.88. The number of hydrogen-bond donors (Lipinski definition) is 2. The molecule has 3 nitrogen and oxygen atoms in total. The van der Waals surface area contributed by atoms with E-state index in [0.717, 1.165) is 35.6 Å². The predicted molar refractivity (Wildman–Crippen MR) is 65.9 cm³/mol. The Morgan fingerprint density at radius 1 is 1.60 bits per heavy atom. The number of pyridine rings is 1. The van der Waals surface area contributed by atoms with Gasteiger partial charge in [-0.3, -0.25) is 0 Å². The molecule has 0 saturated heterocycles. The van der Waals surface area contributed by atoms with Crippen LogP contribution in [0.4, 0.5) is 5.82 Å². The van der Waals surface area contributed by atoms with Gasteiger partial charge in [0.2, 0.25) is 0 Å². The minimum atomic E-state index is 0.427. The Bertz CT molecular complexity index is 348. The van der Waals surface area contributed by atoms with Crippen LogP contribution in [-0.4, -0.2) is 17.6 Å². The lowest BCUT2D eigenvalue weighted by Crippen LogP contribution is -2.39. The number of hydrogen-bond acceptors (Lipinski definition) is 3. The van der Waals surface area contributed by atoms with Crippen LogP contribution in [-0.2, 0) is 0 Å². The summed E-state index contributed by atoms with van der Waals surface area (Å²) in [6.07, 6.45) is 4.10. The maximum absolute atomic E-state index is 5.74. The van der Waals surface area contributed by atoms with E-state index in [4.69, 9.17) is 5.73 Å². The molecule has 1 aliphatic rings. The lowest BCUT2D eigenvalue weighted by molar-refractivity contribution is 0.280. The fourth-order valence-electron chi connectivity index (χ4n) is 1.92. The third-order valence-corrected chi connectivity index (χ3v) is 3.31. The van der Waals surface area contributed by atoms with Crippen molar-refractivity contribution in [2.45, 2.75) is 25.8 Å². The van der Waals surface area contributed by atoms with Gasteiger partial charge in [0.1, 0.15) is 5.82 Å². The summed E-state index contributed by atoms with van der Waals surface area (Å²) in [6.45, 7) is 3.05. The average molecular weight is 270 g/mol. The van der Waals surface area contributed by atoms with Crippen molar-refractivity contribution < 1.29 is 0 Å². The lowest BCUT2D eigenvalue weighted by atomic mass is 9.81. The van der Waals surface area contributed by atoms with Crippen molar-refractivity contribution >= 4 is 21.7 Å². The van der Waals surface area contributed by atoms with Gasteiger partial charge in [-0.25, -0.2) is 4.98 Å². The van der Waals surface area contributed by atoms with Crippen LogP contribution in [0.25, 0.3) is 0 Å². The first-order valence-electron chi connectivity index (χ1n) is 5.26. The first kappa shape index (κ1) is 10.9. The Labute approximate surface area is 98.6 Å². The SMILES string of the molecule is Cc1cc(Br)cnc1NCC1CC(N)C1. The van der Waals surface area contributed by atoms with Gasteiger partial charge in [-0.1, -0.05) is 0 Å². The number of rotatable bonds is 3. The molecule has 15 heavy (non-hydrogen) atoms. The number of nitrogens with zero attached hydrogens (tertiary/aromatic N) is 1. The fraction of sp³-hybridized carbons (Fsp3) is 0.545. The molecule has 0 aliphatic heterocycles. The van der Waals surface area contributed by atoms with Crippen LogP contribution in [0.2, 0.25) is 0 Å². The Balaban J connectivity index is 1.88. The highest BCUT2D eigenvalue weighted by Crippen LogP contribution is 2.26. The van der Waals surface area contributed by atoms with Crippen molar-refractivity contribution in [3.8, 4) is 0 Å². The Morgan fingerprint density at radius 3 is 2.93 bits per heavy atom. The van der Waals surface area contributed by atoms with Crippen LogP contribution in [0.15, 0.2) is 16.7 Å². The molecule has 82 valence electrons. The molecular formula is C11H16BrN3. The molecular weight excluding hydrogens is 254 g/mol. The number of aryl methyl sites for hydroxylation is 1. The zero-order valence-corrected chi connectivity index (χ0v) is 10.4. The van der Waals surface area contributed by atoms with Crippen molar-refractivity contribution in [1.29, 1.82) is 0 Å². The van der Waals surface area contributed by atoms with E-state index < -0.39 is 0 Å². The van der Waals surface area contributed by atoms with Gasteiger partial charge in [-0.2, -0.15) is 0 Å². The smallest absolute Gasteiger partial charge is 0.128 e. The van der Waals surface area contributed by atoms with E-state index in [1.807, 2.05) is 6.20 Å². The van der Waals surface area contributed by atoms with Gasteiger partial charge in [-0.15, -0.1) is 0 Å². The molecule has 2 rings (SSSR count).